The molecule has 2 unspecified atom stereocenters. The van der Waals surface area contributed by atoms with Crippen molar-refractivity contribution in [2.45, 2.75) is 32.9 Å². The molecule has 0 saturated carbocycles. The van der Waals surface area contributed by atoms with Crippen molar-refractivity contribution in [2.75, 3.05) is 0 Å². The lowest BCUT2D eigenvalue weighted by Gasteiger charge is -2.19. The van der Waals surface area contributed by atoms with Crippen LogP contribution in [-0.4, -0.2) is 15.7 Å². The average molecular weight is 286 g/mol. The first kappa shape index (κ1) is 15.3. The fourth-order valence-corrected chi connectivity index (χ4v) is 2.36. The highest BCUT2D eigenvalue weighted by atomic mass is 16.2. The molecule has 2 atom stereocenters. The molecular weight excluding hydrogens is 264 g/mol. The van der Waals surface area contributed by atoms with Crippen LogP contribution in [0, 0.1) is 13.8 Å². The Balaban J connectivity index is 2.10. The molecule has 1 aromatic carbocycles. The van der Waals surface area contributed by atoms with Crippen molar-refractivity contribution >= 4 is 5.91 Å². The Morgan fingerprint density at radius 2 is 2.10 bits per heavy atom. The third-order valence-corrected chi connectivity index (χ3v) is 3.63. The lowest BCUT2D eigenvalue weighted by Crippen LogP contribution is -2.35. The van der Waals surface area contributed by atoms with Gasteiger partial charge in [-0.05, 0) is 31.9 Å². The van der Waals surface area contributed by atoms with Crippen LogP contribution in [0.3, 0.4) is 0 Å². The van der Waals surface area contributed by atoms with Gasteiger partial charge in [-0.25, -0.2) is 0 Å². The number of amides is 1. The second-order valence-corrected chi connectivity index (χ2v) is 5.52. The van der Waals surface area contributed by atoms with Crippen molar-refractivity contribution in [1.29, 1.82) is 0 Å². The number of benzene rings is 1. The summed E-state index contributed by atoms with van der Waals surface area (Å²) in [5.74, 6) is -0.198. The number of hydrogen-bond donors (Lipinski definition) is 2. The molecule has 1 aromatic heterocycles. The van der Waals surface area contributed by atoms with Crippen LogP contribution in [-0.2, 0) is 11.8 Å². The van der Waals surface area contributed by atoms with Gasteiger partial charge < -0.3 is 11.1 Å². The number of nitrogens with one attached hydrogen (secondary N) is 1. The summed E-state index contributed by atoms with van der Waals surface area (Å²) >= 11 is 0. The van der Waals surface area contributed by atoms with Crippen molar-refractivity contribution in [2.24, 2.45) is 12.8 Å². The highest BCUT2D eigenvalue weighted by Crippen LogP contribution is 2.20. The molecule has 21 heavy (non-hydrogen) atoms. The van der Waals surface area contributed by atoms with Gasteiger partial charge in [-0.3, -0.25) is 9.48 Å². The van der Waals surface area contributed by atoms with Gasteiger partial charge in [-0.15, -0.1) is 0 Å². The Labute approximate surface area is 125 Å². The zero-order valence-corrected chi connectivity index (χ0v) is 12.9. The first-order valence-electron chi connectivity index (χ1n) is 7.00. The predicted molar refractivity (Wildman–Crippen MR) is 82.6 cm³/mol. The van der Waals surface area contributed by atoms with Gasteiger partial charge in [0.25, 0.3) is 0 Å². The van der Waals surface area contributed by atoms with E-state index >= 15 is 0 Å². The van der Waals surface area contributed by atoms with E-state index in [2.05, 4.69) is 28.6 Å². The van der Waals surface area contributed by atoms with E-state index in [0.717, 1.165) is 11.1 Å². The third-order valence-electron chi connectivity index (χ3n) is 3.63. The summed E-state index contributed by atoms with van der Waals surface area (Å²) in [5.41, 5.74) is 10.1. The van der Waals surface area contributed by atoms with Gasteiger partial charge in [0.15, 0.2) is 0 Å². The molecule has 0 aliphatic carbocycles. The molecule has 5 heteroatoms. The summed E-state index contributed by atoms with van der Waals surface area (Å²) in [6, 6.07) is 5.44. The van der Waals surface area contributed by atoms with Crippen molar-refractivity contribution in [1.82, 2.24) is 15.1 Å². The summed E-state index contributed by atoms with van der Waals surface area (Å²) in [7, 11) is 1.80. The number of carbonyl (C=O) groups excluding carboxylic acids is 1. The molecule has 2 aromatic rings. The molecule has 0 aliphatic rings. The Bertz CT molecular complexity index is 647. The van der Waals surface area contributed by atoms with Gasteiger partial charge in [-0.1, -0.05) is 23.8 Å². The topological polar surface area (TPSA) is 72.9 Å². The maximum atomic E-state index is 12.3. The molecule has 0 fully saturated rings. The van der Waals surface area contributed by atoms with E-state index in [4.69, 9.17) is 5.73 Å². The first-order chi connectivity index (χ1) is 9.88. The largest absolute Gasteiger partial charge is 0.348 e. The smallest absolute Gasteiger partial charge is 0.242 e. The van der Waals surface area contributed by atoms with Crippen molar-refractivity contribution in [3.63, 3.8) is 0 Å². The standard InChI is InChI=1S/C16H22N4O/c1-10-5-6-11(2)14(7-10)12(3)19-16(21)15(17)13-8-18-20(4)9-13/h5-9,12,15H,17H2,1-4H3,(H,19,21). The van der Waals surface area contributed by atoms with E-state index in [1.54, 1.807) is 24.1 Å². The van der Waals surface area contributed by atoms with Crippen molar-refractivity contribution in [3.05, 3.63) is 52.8 Å². The van der Waals surface area contributed by atoms with Crippen LogP contribution in [0.15, 0.2) is 30.6 Å². The van der Waals surface area contributed by atoms with E-state index in [0.29, 0.717) is 5.56 Å². The molecule has 0 radical (unpaired) electrons. The maximum absolute atomic E-state index is 12.3. The van der Waals surface area contributed by atoms with Gasteiger partial charge in [-0.2, -0.15) is 5.10 Å². The van der Waals surface area contributed by atoms with E-state index in [1.807, 2.05) is 20.8 Å². The predicted octanol–water partition coefficient (Wildman–Crippen LogP) is 1.91. The molecule has 0 saturated heterocycles. The third kappa shape index (κ3) is 3.49. The van der Waals surface area contributed by atoms with Crippen molar-refractivity contribution < 1.29 is 4.79 Å². The van der Waals surface area contributed by atoms with Gasteiger partial charge >= 0.3 is 0 Å². The summed E-state index contributed by atoms with van der Waals surface area (Å²) < 4.78 is 1.64. The Hall–Kier alpha value is -2.14. The van der Waals surface area contributed by atoms with Gasteiger partial charge in [0.2, 0.25) is 5.91 Å². The molecular formula is C16H22N4O. The number of aryl methyl sites for hydroxylation is 3. The monoisotopic (exact) mass is 286 g/mol. The minimum absolute atomic E-state index is 0.0832. The highest BCUT2D eigenvalue weighted by molar-refractivity contribution is 5.83. The number of rotatable bonds is 4. The minimum Gasteiger partial charge on any atom is -0.348 e. The van der Waals surface area contributed by atoms with E-state index in [1.165, 1.54) is 5.56 Å². The van der Waals surface area contributed by atoms with Crippen LogP contribution in [0.2, 0.25) is 0 Å². The van der Waals surface area contributed by atoms with Crippen LogP contribution in [0.5, 0.6) is 0 Å². The number of aromatic nitrogens is 2. The highest BCUT2D eigenvalue weighted by Gasteiger charge is 2.20. The number of nitrogens with two attached hydrogens (primary N) is 1. The lowest BCUT2D eigenvalue weighted by atomic mass is 9.99. The summed E-state index contributed by atoms with van der Waals surface area (Å²) in [4.78, 5) is 12.3. The average Bonchev–Trinajstić information content (AvgIpc) is 2.87. The number of carbonyl (C=O) groups is 1. The SMILES string of the molecule is Cc1ccc(C)c(C(C)NC(=O)C(N)c2cnn(C)c2)c1. The van der Waals surface area contributed by atoms with Crippen LogP contribution >= 0.6 is 0 Å². The molecule has 3 N–H and O–H groups in total. The fourth-order valence-electron chi connectivity index (χ4n) is 2.36. The lowest BCUT2D eigenvalue weighted by molar-refractivity contribution is -0.123. The molecule has 5 nitrogen and oxygen atoms in total. The molecule has 0 bridgehead atoms. The van der Waals surface area contributed by atoms with Crippen LogP contribution < -0.4 is 11.1 Å². The molecule has 1 heterocycles. The summed E-state index contributed by atoms with van der Waals surface area (Å²) in [6.07, 6.45) is 3.37. The molecule has 1 amide bonds. The summed E-state index contributed by atoms with van der Waals surface area (Å²) in [5, 5.41) is 7.01. The van der Waals surface area contributed by atoms with Crippen LogP contribution in [0.25, 0.3) is 0 Å². The molecule has 0 aliphatic heterocycles. The van der Waals surface area contributed by atoms with E-state index in [9.17, 15) is 4.79 Å². The second kappa shape index (κ2) is 6.10. The minimum atomic E-state index is -0.703. The Kier molecular flexibility index (Phi) is 4.43. The maximum Gasteiger partial charge on any atom is 0.242 e. The quantitative estimate of drug-likeness (QED) is 0.901. The van der Waals surface area contributed by atoms with Gasteiger partial charge in [0.05, 0.1) is 12.2 Å². The van der Waals surface area contributed by atoms with Gasteiger partial charge in [0, 0.05) is 18.8 Å². The normalized spacial score (nSPS) is 13.8. The van der Waals surface area contributed by atoms with E-state index in [-0.39, 0.29) is 11.9 Å². The van der Waals surface area contributed by atoms with Crippen LogP contribution in [0.1, 0.15) is 41.3 Å². The zero-order chi connectivity index (χ0) is 15.6. The van der Waals surface area contributed by atoms with Crippen LogP contribution in [0.4, 0.5) is 0 Å². The Morgan fingerprint density at radius 1 is 1.38 bits per heavy atom. The zero-order valence-electron chi connectivity index (χ0n) is 12.9. The van der Waals surface area contributed by atoms with E-state index < -0.39 is 6.04 Å². The Morgan fingerprint density at radius 3 is 2.71 bits per heavy atom. The molecule has 0 spiro atoms. The molecule has 2 rings (SSSR count). The summed E-state index contributed by atoms with van der Waals surface area (Å²) in [6.45, 7) is 6.05. The number of nitrogens with zero attached hydrogens (tertiary/aromatic N) is 2. The fraction of sp³-hybridized carbons (Fsp3) is 0.375. The van der Waals surface area contributed by atoms with Gasteiger partial charge in [0.1, 0.15) is 6.04 Å². The van der Waals surface area contributed by atoms with Crippen molar-refractivity contribution in [3.8, 4) is 0 Å². The first-order valence-corrected chi connectivity index (χ1v) is 7.00. The molecule has 112 valence electrons. The number of hydrogen-bond acceptors (Lipinski definition) is 3. The second-order valence-electron chi connectivity index (χ2n) is 5.52.